The van der Waals surface area contributed by atoms with Crippen molar-refractivity contribution in [3.8, 4) is 11.4 Å². The zero-order valence-electron chi connectivity index (χ0n) is 15.5. The molecule has 0 radical (unpaired) electrons. The Bertz CT molecular complexity index is 1040. The quantitative estimate of drug-likeness (QED) is 0.527. The van der Waals surface area contributed by atoms with Crippen LogP contribution in [0.5, 0.6) is 5.75 Å². The Hall–Kier alpha value is -2.79. The van der Waals surface area contributed by atoms with Gasteiger partial charge in [0.2, 0.25) is 11.1 Å². The number of anilines is 1. The molecule has 0 saturated carbocycles. The van der Waals surface area contributed by atoms with E-state index >= 15 is 0 Å². The minimum Gasteiger partial charge on any atom is -0.492 e. The first-order valence-electron chi connectivity index (χ1n) is 8.59. The van der Waals surface area contributed by atoms with Crippen molar-refractivity contribution in [2.45, 2.75) is 18.3 Å². The summed E-state index contributed by atoms with van der Waals surface area (Å²) in [4.78, 5) is 12.3. The minimum atomic E-state index is -4.55. The number of ether oxygens (including phenoxy) is 1. The number of rotatable bonds is 7. The van der Waals surface area contributed by atoms with Gasteiger partial charge in [0.25, 0.3) is 0 Å². The second-order valence-corrected chi connectivity index (χ2v) is 7.15. The molecule has 3 rings (SSSR count). The molecule has 2 aromatic carbocycles. The highest BCUT2D eigenvalue weighted by Crippen LogP contribution is 2.34. The molecule has 1 aromatic heterocycles. The van der Waals surface area contributed by atoms with Crippen molar-refractivity contribution in [3.63, 3.8) is 0 Å². The standard InChI is InChI=1S/C18H15ClF3N5O2S/c1-2-29-15-6-4-3-5-14(15)27-17(24-25-26-27)30-10-16(28)23-13-9-11(18(20,21)22)7-8-12(13)19/h3-9H,2,10H2,1H3,(H,23,28). The summed E-state index contributed by atoms with van der Waals surface area (Å²) in [6.07, 6.45) is -4.55. The second kappa shape index (κ2) is 9.35. The van der Waals surface area contributed by atoms with Crippen LogP contribution < -0.4 is 10.1 Å². The molecule has 158 valence electrons. The lowest BCUT2D eigenvalue weighted by Crippen LogP contribution is -2.16. The number of halogens is 4. The molecule has 0 aliphatic carbocycles. The smallest absolute Gasteiger partial charge is 0.416 e. The maximum absolute atomic E-state index is 12.9. The number of carbonyl (C=O) groups excluding carboxylic acids is 1. The molecule has 0 atom stereocenters. The average Bonchev–Trinajstić information content (AvgIpc) is 3.16. The van der Waals surface area contributed by atoms with E-state index in [9.17, 15) is 18.0 Å². The third kappa shape index (κ3) is 5.22. The molecule has 0 bridgehead atoms. The number of nitrogens with zero attached hydrogens (tertiary/aromatic N) is 4. The summed E-state index contributed by atoms with van der Waals surface area (Å²) >= 11 is 6.92. The predicted octanol–water partition coefficient (Wildman–Crippen LogP) is 4.46. The van der Waals surface area contributed by atoms with Gasteiger partial charge in [0.15, 0.2) is 0 Å². The number of aromatic nitrogens is 4. The topological polar surface area (TPSA) is 81.9 Å². The molecule has 7 nitrogen and oxygen atoms in total. The van der Waals surface area contributed by atoms with Gasteiger partial charge in [-0.2, -0.15) is 17.9 Å². The fourth-order valence-corrected chi connectivity index (χ4v) is 3.29. The van der Waals surface area contributed by atoms with Crippen LogP contribution in [0.1, 0.15) is 12.5 Å². The number of tetrazole rings is 1. The van der Waals surface area contributed by atoms with E-state index < -0.39 is 17.6 Å². The number of hydrogen-bond donors (Lipinski definition) is 1. The van der Waals surface area contributed by atoms with Crippen LogP contribution >= 0.6 is 23.4 Å². The highest BCUT2D eigenvalue weighted by atomic mass is 35.5. The molecule has 1 N–H and O–H groups in total. The lowest BCUT2D eigenvalue weighted by molar-refractivity contribution is -0.137. The number of para-hydroxylation sites is 2. The summed E-state index contributed by atoms with van der Waals surface area (Å²) in [5.41, 5.74) is -0.446. The van der Waals surface area contributed by atoms with E-state index in [1.54, 1.807) is 24.3 Å². The first-order chi connectivity index (χ1) is 14.3. The molecule has 3 aromatic rings. The highest BCUT2D eigenvalue weighted by molar-refractivity contribution is 7.99. The van der Waals surface area contributed by atoms with E-state index in [1.807, 2.05) is 6.92 Å². The van der Waals surface area contributed by atoms with Gasteiger partial charge in [0, 0.05) is 0 Å². The van der Waals surface area contributed by atoms with Crippen molar-refractivity contribution in [2.24, 2.45) is 0 Å². The lowest BCUT2D eigenvalue weighted by Gasteiger charge is -2.12. The van der Waals surface area contributed by atoms with Crippen LogP contribution in [0.15, 0.2) is 47.6 Å². The van der Waals surface area contributed by atoms with E-state index in [1.165, 1.54) is 4.68 Å². The van der Waals surface area contributed by atoms with Gasteiger partial charge in [0.1, 0.15) is 11.4 Å². The third-order valence-electron chi connectivity index (χ3n) is 3.73. The van der Waals surface area contributed by atoms with Crippen molar-refractivity contribution in [3.05, 3.63) is 53.1 Å². The number of nitrogens with one attached hydrogen (secondary N) is 1. The number of thioether (sulfide) groups is 1. The normalized spacial score (nSPS) is 11.4. The van der Waals surface area contributed by atoms with Gasteiger partial charge in [-0.25, -0.2) is 0 Å². The van der Waals surface area contributed by atoms with Gasteiger partial charge in [0.05, 0.1) is 28.6 Å². The predicted molar refractivity (Wildman–Crippen MR) is 106 cm³/mol. The summed E-state index contributed by atoms with van der Waals surface area (Å²) in [5, 5.41) is 14.1. The monoisotopic (exact) mass is 457 g/mol. The first-order valence-corrected chi connectivity index (χ1v) is 9.96. The van der Waals surface area contributed by atoms with E-state index in [0.717, 1.165) is 30.0 Å². The molecule has 0 aliphatic heterocycles. The fraction of sp³-hybridized carbons (Fsp3) is 0.222. The Balaban J connectivity index is 1.71. The number of benzene rings is 2. The molecule has 1 amide bonds. The van der Waals surface area contributed by atoms with Crippen LogP contribution in [0.2, 0.25) is 5.02 Å². The maximum Gasteiger partial charge on any atom is 0.416 e. The van der Waals surface area contributed by atoms with Crippen LogP contribution in [-0.2, 0) is 11.0 Å². The van der Waals surface area contributed by atoms with Crippen LogP contribution in [0.3, 0.4) is 0 Å². The first kappa shape index (κ1) is 21.9. The molecule has 0 unspecified atom stereocenters. The van der Waals surface area contributed by atoms with Crippen molar-refractivity contribution < 1.29 is 22.7 Å². The number of alkyl halides is 3. The van der Waals surface area contributed by atoms with Gasteiger partial charge in [-0.05, 0) is 47.7 Å². The molecule has 1 heterocycles. The van der Waals surface area contributed by atoms with Crippen LogP contribution in [0.25, 0.3) is 5.69 Å². The number of carbonyl (C=O) groups is 1. The van der Waals surface area contributed by atoms with Gasteiger partial charge in [-0.1, -0.05) is 35.5 Å². The SMILES string of the molecule is CCOc1ccccc1-n1nnnc1SCC(=O)Nc1cc(C(F)(F)F)ccc1Cl. The zero-order valence-corrected chi connectivity index (χ0v) is 17.1. The second-order valence-electron chi connectivity index (χ2n) is 5.80. The van der Waals surface area contributed by atoms with Gasteiger partial charge in [-0.3, -0.25) is 4.79 Å². The lowest BCUT2D eigenvalue weighted by atomic mass is 10.2. The van der Waals surface area contributed by atoms with Crippen molar-refractivity contribution in [2.75, 3.05) is 17.7 Å². The Morgan fingerprint density at radius 2 is 2.03 bits per heavy atom. The van der Waals surface area contributed by atoms with Gasteiger partial charge >= 0.3 is 6.18 Å². The zero-order chi connectivity index (χ0) is 21.7. The summed E-state index contributed by atoms with van der Waals surface area (Å²) in [5.74, 6) is -0.146. The van der Waals surface area contributed by atoms with E-state index in [4.69, 9.17) is 16.3 Å². The molecule has 0 saturated heterocycles. The summed E-state index contributed by atoms with van der Waals surface area (Å²) in [7, 11) is 0. The summed E-state index contributed by atoms with van der Waals surface area (Å²) in [6, 6.07) is 9.82. The molecule has 0 spiro atoms. The molecular weight excluding hydrogens is 443 g/mol. The summed E-state index contributed by atoms with van der Waals surface area (Å²) in [6.45, 7) is 2.29. The van der Waals surface area contributed by atoms with E-state index in [0.29, 0.717) is 23.2 Å². The average molecular weight is 458 g/mol. The van der Waals surface area contributed by atoms with E-state index in [2.05, 4.69) is 20.8 Å². The fourth-order valence-electron chi connectivity index (χ4n) is 2.44. The van der Waals surface area contributed by atoms with Crippen molar-refractivity contribution in [1.82, 2.24) is 20.2 Å². The Morgan fingerprint density at radius 1 is 1.27 bits per heavy atom. The molecule has 30 heavy (non-hydrogen) atoms. The van der Waals surface area contributed by atoms with Crippen molar-refractivity contribution >= 4 is 35.0 Å². The molecule has 0 fully saturated rings. The van der Waals surface area contributed by atoms with E-state index in [-0.39, 0.29) is 16.5 Å². The van der Waals surface area contributed by atoms with Gasteiger partial charge < -0.3 is 10.1 Å². The number of hydrogen-bond acceptors (Lipinski definition) is 6. The van der Waals surface area contributed by atoms with Gasteiger partial charge in [-0.15, -0.1) is 5.10 Å². The molecule has 12 heteroatoms. The maximum atomic E-state index is 12.9. The highest BCUT2D eigenvalue weighted by Gasteiger charge is 2.31. The minimum absolute atomic E-state index is 0.00294. The van der Waals surface area contributed by atoms with Crippen LogP contribution in [0.4, 0.5) is 18.9 Å². The van der Waals surface area contributed by atoms with Crippen LogP contribution in [0, 0.1) is 0 Å². The largest absolute Gasteiger partial charge is 0.492 e. The number of amides is 1. The van der Waals surface area contributed by atoms with Crippen LogP contribution in [-0.4, -0.2) is 38.5 Å². The Labute approximate surface area is 178 Å². The Kier molecular flexibility index (Phi) is 6.83. The summed E-state index contributed by atoms with van der Waals surface area (Å²) < 4.78 is 45.6. The van der Waals surface area contributed by atoms with Crippen molar-refractivity contribution in [1.29, 1.82) is 0 Å². The third-order valence-corrected chi connectivity index (χ3v) is 4.98. The molecule has 0 aliphatic rings. The Morgan fingerprint density at radius 3 is 2.77 bits per heavy atom. The molecular formula is C18H15ClF3N5O2S.